The molecule has 1 heterocycles. The lowest BCUT2D eigenvalue weighted by molar-refractivity contribution is 1.13. The number of anilines is 2. The van der Waals surface area contributed by atoms with Crippen molar-refractivity contribution in [3.05, 3.63) is 44.7 Å². The second-order valence-corrected chi connectivity index (χ2v) is 5.05. The van der Waals surface area contributed by atoms with Crippen LogP contribution in [-0.2, 0) is 0 Å². The van der Waals surface area contributed by atoms with E-state index in [0.717, 1.165) is 15.7 Å². The van der Waals surface area contributed by atoms with Gasteiger partial charge in [-0.1, -0.05) is 11.6 Å². The summed E-state index contributed by atoms with van der Waals surface area (Å²) in [5.41, 5.74) is 1.73. The van der Waals surface area contributed by atoms with Crippen molar-refractivity contribution in [3.8, 4) is 0 Å². The Hall–Kier alpha value is -0.840. The van der Waals surface area contributed by atoms with Gasteiger partial charge >= 0.3 is 0 Å². The Labute approximate surface area is 117 Å². The second-order valence-electron chi connectivity index (χ2n) is 3.42. The van der Waals surface area contributed by atoms with Gasteiger partial charge in [0.05, 0.1) is 5.69 Å². The first-order valence-corrected chi connectivity index (χ1v) is 6.32. The van der Waals surface area contributed by atoms with E-state index < -0.39 is 0 Å². The van der Waals surface area contributed by atoms with Crippen LogP contribution in [0.1, 0.15) is 5.56 Å². The third-order valence-electron chi connectivity index (χ3n) is 2.12. The molecule has 0 fully saturated rings. The summed E-state index contributed by atoms with van der Waals surface area (Å²) < 4.78 is 0.899. The first-order valence-electron chi connectivity index (χ1n) is 4.77. The zero-order valence-corrected chi connectivity index (χ0v) is 11.9. The molecule has 1 aromatic heterocycles. The lowest BCUT2D eigenvalue weighted by atomic mass is 10.3. The van der Waals surface area contributed by atoms with Gasteiger partial charge in [-0.2, -0.15) is 0 Å². The molecule has 0 aliphatic heterocycles. The van der Waals surface area contributed by atoms with Crippen molar-refractivity contribution in [1.29, 1.82) is 0 Å². The highest BCUT2D eigenvalue weighted by Crippen LogP contribution is 2.29. The number of hydrogen-bond acceptors (Lipinski definition) is 3. The Morgan fingerprint density at radius 2 is 2.06 bits per heavy atom. The highest BCUT2D eigenvalue weighted by atomic mass is 79.9. The summed E-state index contributed by atoms with van der Waals surface area (Å²) in [7, 11) is 0. The average Bonchev–Trinajstić information content (AvgIpc) is 2.28. The van der Waals surface area contributed by atoms with Gasteiger partial charge in [0.15, 0.2) is 0 Å². The molecule has 88 valence electrons. The van der Waals surface area contributed by atoms with Crippen LogP contribution in [0.4, 0.5) is 11.5 Å². The summed E-state index contributed by atoms with van der Waals surface area (Å²) in [5.74, 6) is 0.660. The number of nitrogens with one attached hydrogen (secondary N) is 1. The largest absolute Gasteiger partial charge is 0.339 e. The van der Waals surface area contributed by atoms with Crippen molar-refractivity contribution in [1.82, 2.24) is 9.97 Å². The van der Waals surface area contributed by atoms with E-state index in [1.165, 1.54) is 0 Å². The zero-order valence-electron chi connectivity index (χ0n) is 8.84. The molecular formula is C11H8BrCl2N3. The molecule has 1 N–H and O–H groups in total. The Morgan fingerprint density at radius 3 is 2.82 bits per heavy atom. The average molecular weight is 333 g/mol. The number of nitrogens with zero attached hydrogens (tertiary/aromatic N) is 2. The highest BCUT2D eigenvalue weighted by molar-refractivity contribution is 9.10. The van der Waals surface area contributed by atoms with Crippen LogP contribution in [0.15, 0.2) is 28.9 Å². The van der Waals surface area contributed by atoms with Crippen molar-refractivity contribution in [3.63, 3.8) is 0 Å². The molecule has 17 heavy (non-hydrogen) atoms. The normalized spacial score (nSPS) is 10.4. The Bertz CT molecular complexity index is 511. The number of aryl methyl sites for hydroxylation is 1. The van der Waals surface area contributed by atoms with Gasteiger partial charge in [0.2, 0.25) is 5.28 Å². The molecule has 0 saturated carbocycles. The highest BCUT2D eigenvalue weighted by Gasteiger charge is 2.06. The molecule has 0 amide bonds. The summed E-state index contributed by atoms with van der Waals surface area (Å²) in [6.07, 6.45) is 1.66. The van der Waals surface area contributed by atoms with Crippen LogP contribution in [0.3, 0.4) is 0 Å². The Balaban J connectivity index is 2.37. The molecule has 2 rings (SSSR count). The second kappa shape index (κ2) is 5.21. The van der Waals surface area contributed by atoms with Crippen LogP contribution in [0.5, 0.6) is 0 Å². The summed E-state index contributed by atoms with van der Waals surface area (Å²) in [6.45, 7) is 1.90. The van der Waals surface area contributed by atoms with E-state index in [9.17, 15) is 0 Å². The molecule has 3 nitrogen and oxygen atoms in total. The van der Waals surface area contributed by atoms with Gasteiger partial charge in [-0.3, -0.25) is 0 Å². The van der Waals surface area contributed by atoms with E-state index in [4.69, 9.17) is 23.2 Å². The summed E-state index contributed by atoms with van der Waals surface area (Å²) in [6, 6.07) is 5.47. The lowest BCUT2D eigenvalue weighted by Gasteiger charge is -2.10. The van der Waals surface area contributed by atoms with Crippen molar-refractivity contribution in [2.24, 2.45) is 0 Å². The topological polar surface area (TPSA) is 37.8 Å². The minimum atomic E-state index is 0.205. The molecule has 6 heteroatoms. The maximum absolute atomic E-state index is 5.93. The smallest absolute Gasteiger partial charge is 0.224 e. The van der Waals surface area contributed by atoms with Gasteiger partial charge in [-0.15, -0.1) is 0 Å². The molecule has 1 aromatic carbocycles. The molecule has 2 aromatic rings. The van der Waals surface area contributed by atoms with E-state index >= 15 is 0 Å². The molecule has 0 bridgehead atoms. The third kappa shape index (κ3) is 3.09. The van der Waals surface area contributed by atoms with Gasteiger partial charge in [0.1, 0.15) is 5.82 Å². The van der Waals surface area contributed by atoms with E-state index in [1.54, 1.807) is 18.3 Å². The van der Waals surface area contributed by atoms with Gasteiger partial charge in [-0.25, -0.2) is 9.97 Å². The minimum Gasteiger partial charge on any atom is -0.339 e. The Kier molecular flexibility index (Phi) is 3.86. The first kappa shape index (κ1) is 12.6. The van der Waals surface area contributed by atoms with Crippen LogP contribution < -0.4 is 5.32 Å². The number of halogens is 3. The van der Waals surface area contributed by atoms with E-state index in [1.807, 2.05) is 13.0 Å². The van der Waals surface area contributed by atoms with E-state index in [0.29, 0.717) is 10.8 Å². The number of hydrogen-bond donors (Lipinski definition) is 1. The SMILES string of the molecule is Cc1cnc(Cl)nc1Nc1cc(Cl)ccc1Br. The fourth-order valence-electron chi connectivity index (χ4n) is 1.27. The van der Waals surface area contributed by atoms with Crippen LogP contribution in [0.25, 0.3) is 0 Å². The van der Waals surface area contributed by atoms with Gasteiger partial charge < -0.3 is 5.32 Å². The minimum absolute atomic E-state index is 0.205. The molecule has 0 atom stereocenters. The summed E-state index contributed by atoms with van der Waals surface area (Å²) in [4.78, 5) is 8.02. The van der Waals surface area contributed by atoms with Gasteiger partial charge in [-0.05, 0) is 52.7 Å². The number of benzene rings is 1. The molecular weight excluding hydrogens is 325 g/mol. The fourth-order valence-corrected chi connectivity index (χ4v) is 1.92. The standard InChI is InChI=1S/C11H8BrCl2N3/c1-6-5-15-11(14)17-10(6)16-9-4-7(13)2-3-8(9)12/h2-5H,1H3,(H,15,16,17). The van der Waals surface area contributed by atoms with E-state index in [-0.39, 0.29) is 5.28 Å². The monoisotopic (exact) mass is 331 g/mol. The molecule has 0 unspecified atom stereocenters. The molecule has 0 aliphatic rings. The summed E-state index contributed by atoms with van der Waals surface area (Å²) >= 11 is 15.1. The fraction of sp³-hybridized carbons (Fsp3) is 0.0909. The Morgan fingerprint density at radius 1 is 1.29 bits per heavy atom. The zero-order chi connectivity index (χ0) is 12.4. The van der Waals surface area contributed by atoms with E-state index in [2.05, 4.69) is 31.2 Å². The molecule has 0 aliphatic carbocycles. The summed E-state index contributed by atoms with van der Waals surface area (Å²) in [5, 5.41) is 4.01. The molecule has 0 saturated heterocycles. The van der Waals surface area contributed by atoms with Crippen molar-refractivity contribution in [2.75, 3.05) is 5.32 Å². The van der Waals surface area contributed by atoms with Crippen LogP contribution >= 0.6 is 39.1 Å². The predicted molar refractivity (Wildman–Crippen MR) is 74.2 cm³/mol. The predicted octanol–water partition coefficient (Wildman–Crippen LogP) is 4.60. The quantitative estimate of drug-likeness (QED) is 0.817. The third-order valence-corrected chi connectivity index (χ3v) is 3.23. The lowest BCUT2D eigenvalue weighted by Crippen LogP contribution is -1.98. The number of aromatic nitrogens is 2. The van der Waals surface area contributed by atoms with Crippen LogP contribution in [0, 0.1) is 6.92 Å². The van der Waals surface area contributed by atoms with Gasteiger partial charge in [0.25, 0.3) is 0 Å². The maximum Gasteiger partial charge on any atom is 0.224 e. The molecule has 0 spiro atoms. The molecule has 0 radical (unpaired) electrons. The first-order chi connectivity index (χ1) is 8.06. The maximum atomic E-state index is 5.93. The number of rotatable bonds is 2. The van der Waals surface area contributed by atoms with Crippen LogP contribution in [-0.4, -0.2) is 9.97 Å². The van der Waals surface area contributed by atoms with Crippen molar-refractivity contribution < 1.29 is 0 Å². The van der Waals surface area contributed by atoms with Crippen molar-refractivity contribution in [2.45, 2.75) is 6.92 Å². The van der Waals surface area contributed by atoms with Gasteiger partial charge in [0, 0.05) is 21.3 Å². The van der Waals surface area contributed by atoms with Crippen molar-refractivity contribution >= 4 is 50.6 Å². The van der Waals surface area contributed by atoms with Crippen LogP contribution in [0.2, 0.25) is 10.3 Å².